The lowest BCUT2D eigenvalue weighted by atomic mass is 9.49. The molecular weight excluding hydrogens is 518 g/mol. The Hall–Kier alpha value is -2.69. The zero-order chi connectivity index (χ0) is 29.2. The van der Waals surface area contributed by atoms with Crippen LogP contribution in [0.5, 0.6) is 0 Å². The van der Waals surface area contributed by atoms with Crippen molar-refractivity contribution in [3.8, 4) is 0 Å². The molecule has 218 valence electrons. The molecule has 0 aromatic heterocycles. The van der Waals surface area contributed by atoms with Crippen LogP contribution in [0.1, 0.15) is 99.2 Å². The van der Waals surface area contributed by atoms with Crippen LogP contribution in [0.2, 0.25) is 0 Å². The van der Waals surface area contributed by atoms with Crippen LogP contribution < -0.4 is 10.6 Å². The van der Waals surface area contributed by atoms with Gasteiger partial charge in [0.2, 0.25) is 0 Å². The van der Waals surface area contributed by atoms with E-state index in [1.165, 1.54) is 48.8 Å². The first-order chi connectivity index (χ1) is 19.6. The fourth-order valence-electron chi connectivity index (χ4n) is 8.13. The lowest BCUT2D eigenvalue weighted by Crippen LogP contribution is -2.54. The first-order valence-corrected chi connectivity index (χ1v) is 16.0. The molecule has 1 saturated carbocycles. The lowest BCUT2D eigenvalue weighted by molar-refractivity contribution is 0.0292. The van der Waals surface area contributed by atoms with Gasteiger partial charge < -0.3 is 15.5 Å². The number of nitrogens with zero attached hydrogens (tertiary/aromatic N) is 1. The minimum Gasteiger partial charge on any atom is -0.362 e. The Morgan fingerprint density at radius 1 is 0.902 bits per heavy atom. The molecule has 0 unspecified atom stereocenters. The van der Waals surface area contributed by atoms with E-state index in [-0.39, 0.29) is 22.9 Å². The van der Waals surface area contributed by atoms with Gasteiger partial charge in [0.25, 0.3) is 0 Å². The summed E-state index contributed by atoms with van der Waals surface area (Å²) in [4.78, 5) is 2.29. The zero-order valence-electron chi connectivity index (χ0n) is 25.9. The van der Waals surface area contributed by atoms with Gasteiger partial charge in [0.05, 0.1) is 12.1 Å². The fourth-order valence-corrected chi connectivity index (χ4v) is 8.33. The number of rotatable bonds is 8. The van der Waals surface area contributed by atoms with Gasteiger partial charge in [-0.2, -0.15) is 0 Å². The third-order valence-corrected chi connectivity index (χ3v) is 10.5. The van der Waals surface area contributed by atoms with Gasteiger partial charge in [0, 0.05) is 6.54 Å². The molecule has 0 radical (unpaired) electrons. The standard InChI is InChI=1S/C37H49N3S/c1-26(2)29-18-20-31-30(24-29)19-21-32-36(3,22-13-23-37(31,32)4)25-38-35(41)39-33(27-14-9-7-10-15-27)34(40(5)6)28-16-11-8-12-17-28/h7-12,14-18,20,24,26,32-34H,13,19,21-23,25H2,1-6H3,(H2,38,39,41)/t32-,33-,34-,36-,37+/m0/s1. The third-order valence-electron chi connectivity index (χ3n) is 10.3. The highest BCUT2D eigenvalue weighted by molar-refractivity contribution is 7.80. The fraction of sp³-hybridized carbons (Fsp3) is 0.486. The summed E-state index contributed by atoms with van der Waals surface area (Å²) in [5.74, 6) is 1.22. The molecule has 41 heavy (non-hydrogen) atoms. The van der Waals surface area contributed by atoms with Crippen molar-refractivity contribution in [2.24, 2.45) is 11.3 Å². The number of benzene rings is 3. The second kappa shape index (κ2) is 12.3. The molecule has 5 atom stereocenters. The number of thiocarbonyl (C=S) groups is 1. The highest BCUT2D eigenvalue weighted by Gasteiger charge is 2.51. The molecule has 3 nitrogen and oxygen atoms in total. The highest BCUT2D eigenvalue weighted by Crippen LogP contribution is 2.57. The van der Waals surface area contributed by atoms with Gasteiger partial charge in [-0.1, -0.05) is 113 Å². The van der Waals surface area contributed by atoms with E-state index in [4.69, 9.17) is 12.2 Å². The van der Waals surface area contributed by atoms with Gasteiger partial charge in [0.1, 0.15) is 0 Å². The van der Waals surface area contributed by atoms with Crippen LogP contribution in [-0.2, 0) is 11.8 Å². The van der Waals surface area contributed by atoms with Gasteiger partial charge in [0.15, 0.2) is 5.11 Å². The van der Waals surface area contributed by atoms with Crippen LogP contribution in [0.25, 0.3) is 0 Å². The topological polar surface area (TPSA) is 27.3 Å². The summed E-state index contributed by atoms with van der Waals surface area (Å²) < 4.78 is 0. The summed E-state index contributed by atoms with van der Waals surface area (Å²) in [6.07, 6.45) is 6.23. The van der Waals surface area contributed by atoms with E-state index >= 15 is 0 Å². The van der Waals surface area contributed by atoms with Crippen LogP contribution in [0, 0.1) is 11.3 Å². The number of hydrogen-bond acceptors (Lipinski definition) is 2. The van der Waals surface area contributed by atoms with Crippen molar-refractivity contribution >= 4 is 17.3 Å². The SMILES string of the molecule is CC(C)c1ccc2c(c1)CC[C@H]1[C@](C)(CNC(=S)N[C@@H](c3ccccc3)[C@H](c3ccccc3)N(C)C)CCC[C@]21C. The molecule has 2 N–H and O–H groups in total. The molecule has 0 amide bonds. The smallest absolute Gasteiger partial charge is 0.166 e. The van der Waals surface area contributed by atoms with Crippen LogP contribution in [-0.4, -0.2) is 30.7 Å². The van der Waals surface area contributed by atoms with Crippen molar-refractivity contribution in [2.45, 2.75) is 83.2 Å². The van der Waals surface area contributed by atoms with E-state index in [1.807, 2.05) is 0 Å². The highest BCUT2D eigenvalue weighted by atomic mass is 32.1. The summed E-state index contributed by atoms with van der Waals surface area (Å²) in [6.45, 7) is 10.6. The Morgan fingerprint density at radius 3 is 2.20 bits per heavy atom. The molecule has 5 rings (SSSR count). The molecule has 3 aromatic rings. The molecule has 1 fully saturated rings. The Labute approximate surface area is 254 Å². The molecule has 0 heterocycles. The van der Waals surface area contributed by atoms with E-state index in [9.17, 15) is 0 Å². The molecule has 0 bridgehead atoms. The predicted octanol–water partition coefficient (Wildman–Crippen LogP) is 8.33. The first kappa shape index (κ1) is 29.8. The lowest BCUT2D eigenvalue weighted by Gasteiger charge is -2.55. The van der Waals surface area contributed by atoms with Crippen LogP contribution in [0.4, 0.5) is 0 Å². The third kappa shape index (κ3) is 6.10. The number of likely N-dealkylation sites (N-methyl/N-ethyl adjacent to an activating group) is 1. The monoisotopic (exact) mass is 567 g/mol. The quantitative estimate of drug-likeness (QED) is 0.268. The maximum atomic E-state index is 6.04. The van der Waals surface area contributed by atoms with E-state index < -0.39 is 0 Å². The molecule has 4 heteroatoms. The Morgan fingerprint density at radius 2 is 1.56 bits per heavy atom. The average molecular weight is 568 g/mol. The minimum absolute atomic E-state index is 0.0229. The minimum atomic E-state index is 0.0229. The summed E-state index contributed by atoms with van der Waals surface area (Å²) in [6, 6.07) is 29.0. The summed E-state index contributed by atoms with van der Waals surface area (Å²) in [5.41, 5.74) is 7.59. The van der Waals surface area contributed by atoms with E-state index in [1.54, 1.807) is 11.1 Å². The van der Waals surface area contributed by atoms with Gasteiger partial charge in [-0.3, -0.25) is 0 Å². The second-order valence-electron chi connectivity index (χ2n) is 13.6. The summed E-state index contributed by atoms with van der Waals surface area (Å²) >= 11 is 6.04. The molecular formula is C37H49N3S. The van der Waals surface area contributed by atoms with Crippen molar-refractivity contribution < 1.29 is 0 Å². The number of nitrogens with one attached hydrogen (secondary N) is 2. The normalized spacial score (nSPS) is 25.2. The van der Waals surface area contributed by atoms with Crippen molar-refractivity contribution in [1.82, 2.24) is 15.5 Å². The van der Waals surface area contributed by atoms with Gasteiger partial charge >= 0.3 is 0 Å². The summed E-state index contributed by atoms with van der Waals surface area (Å²) in [7, 11) is 4.31. The van der Waals surface area contributed by atoms with Crippen LogP contribution in [0.15, 0.2) is 78.9 Å². The second-order valence-corrected chi connectivity index (χ2v) is 14.0. The van der Waals surface area contributed by atoms with Crippen molar-refractivity contribution in [3.63, 3.8) is 0 Å². The van der Waals surface area contributed by atoms with Crippen molar-refractivity contribution in [1.29, 1.82) is 0 Å². The zero-order valence-corrected chi connectivity index (χ0v) is 26.7. The Kier molecular flexibility index (Phi) is 8.92. The molecule has 3 aromatic carbocycles. The summed E-state index contributed by atoms with van der Waals surface area (Å²) in [5, 5.41) is 8.24. The molecule has 0 aliphatic heterocycles. The number of aryl methyl sites for hydroxylation is 1. The maximum Gasteiger partial charge on any atom is 0.166 e. The van der Waals surface area contributed by atoms with Crippen molar-refractivity contribution in [3.05, 3.63) is 107 Å². The van der Waals surface area contributed by atoms with E-state index in [2.05, 4.69) is 136 Å². The largest absolute Gasteiger partial charge is 0.362 e. The average Bonchev–Trinajstić information content (AvgIpc) is 2.96. The number of fused-ring (bicyclic) bond motifs is 3. The van der Waals surface area contributed by atoms with Crippen LogP contribution in [0.3, 0.4) is 0 Å². The van der Waals surface area contributed by atoms with Gasteiger partial charge in [-0.05, 0) is 102 Å². The van der Waals surface area contributed by atoms with Crippen molar-refractivity contribution in [2.75, 3.05) is 20.6 Å². The van der Waals surface area contributed by atoms with Crippen LogP contribution >= 0.6 is 12.2 Å². The number of hydrogen-bond donors (Lipinski definition) is 2. The Bertz CT molecular complexity index is 1320. The van der Waals surface area contributed by atoms with Gasteiger partial charge in [-0.25, -0.2) is 0 Å². The molecule has 2 aliphatic rings. The Balaban J connectivity index is 1.35. The van der Waals surface area contributed by atoms with Gasteiger partial charge in [-0.15, -0.1) is 0 Å². The molecule has 2 aliphatic carbocycles. The molecule has 0 spiro atoms. The molecule has 0 saturated heterocycles. The predicted molar refractivity (Wildman–Crippen MR) is 177 cm³/mol. The first-order valence-electron chi connectivity index (χ1n) is 15.6. The van der Waals surface area contributed by atoms with E-state index in [0.717, 1.165) is 11.7 Å². The van der Waals surface area contributed by atoms with E-state index in [0.29, 0.717) is 11.8 Å². The maximum absolute atomic E-state index is 6.04.